The van der Waals surface area contributed by atoms with Gasteiger partial charge in [0.2, 0.25) is 0 Å². The van der Waals surface area contributed by atoms with Crippen molar-refractivity contribution in [3.63, 3.8) is 0 Å². The second-order valence-corrected chi connectivity index (χ2v) is 2.08. The molecule has 7 nitrogen and oxygen atoms in total. The van der Waals surface area contributed by atoms with Gasteiger partial charge in [0.15, 0.2) is 5.69 Å². The Labute approximate surface area is 119 Å². The smallest absolute Gasteiger partial charge is 0.543 e. The fourth-order valence-corrected chi connectivity index (χ4v) is 0.992. The molecule has 1 heterocycles. The van der Waals surface area contributed by atoms with Crippen LogP contribution >= 0.6 is 11.7 Å². The predicted octanol–water partition coefficient (Wildman–Crippen LogP) is -5.22. The van der Waals surface area contributed by atoms with Gasteiger partial charge < -0.3 is 20.5 Å². The van der Waals surface area contributed by atoms with Gasteiger partial charge in [0.25, 0.3) is 0 Å². The minimum Gasteiger partial charge on any atom is -0.543 e. The molecule has 0 saturated heterocycles. The van der Waals surface area contributed by atoms with E-state index in [-0.39, 0.29) is 56.9 Å². The van der Waals surface area contributed by atoms with Gasteiger partial charge in [0.1, 0.15) is 5.69 Å². The molecule has 0 radical (unpaired) electrons. The van der Waals surface area contributed by atoms with E-state index in [0.29, 0.717) is 11.7 Å². The number of carbonyl (C=O) groups is 2. The van der Waals surface area contributed by atoms with Crippen LogP contribution in [-0.2, 0) is 0 Å². The van der Waals surface area contributed by atoms with Crippen molar-refractivity contribution in [1.29, 1.82) is 0 Å². The molecule has 0 aromatic carbocycles. The number of carbonyl (C=O) groups excluding carboxylic acids is 1. The van der Waals surface area contributed by atoms with Crippen LogP contribution in [-0.4, -0.2) is 31.3 Å². The maximum Gasteiger partial charge on any atom is 1.00 e. The van der Waals surface area contributed by atoms with E-state index in [2.05, 4.69) is 8.75 Å². The van der Waals surface area contributed by atoms with E-state index in [4.69, 9.17) is 5.11 Å². The van der Waals surface area contributed by atoms with Crippen molar-refractivity contribution in [3.05, 3.63) is 11.4 Å². The van der Waals surface area contributed by atoms with Crippen molar-refractivity contribution in [2.75, 3.05) is 0 Å². The van der Waals surface area contributed by atoms with E-state index < -0.39 is 23.3 Å². The van der Waals surface area contributed by atoms with Crippen LogP contribution in [0.25, 0.3) is 0 Å². The zero-order chi connectivity index (χ0) is 8.43. The third-order valence-electron chi connectivity index (χ3n) is 0.884. The standard InChI is InChI=1S/C4H2N2O4S.K.H2O/c7-3(8)1-2(4(9)10)6-11-5-1;;/h(H,7,8)(H,9,10);;1H2/q;+1;/p-1. The number of carboxylic acids is 2. The number of aromatic nitrogens is 2. The number of aromatic carboxylic acids is 2. The number of rotatable bonds is 2. The maximum absolute atomic E-state index is 10.2. The van der Waals surface area contributed by atoms with Crippen molar-refractivity contribution in [3.8, 4) is 0 Å². The fraction of sp³-hybridized carbons (Fsp3) is 0. The van der Waals surface area contributed by atoms with Crippen LogP contribution in [0.5, 0.6) is 0 Å². The molecule has 0 bridgehead atoms. The van der Waals surface area contributed by atoms with E-state index in [0.717, 1.165) is 0 Å². The number of hydrogen-bond acceptors (Lipinski definition) is 6. The van der Waals surface area contributed by atoms with Crippen molar-refractivity contribution in [1.82, 2.24) is 8.75 Å². The second-order valence-electron chi connectivity index (χ2n) is 1.55. The Kier molecular flexibility index (Phi) is 7.82. The van der Waals surface area contributed by atoms with Crippen molar-refractivity contribution in [2.45, 2.75) is 0 Å². The molecule has 1 aromatic rings. The van der Waals surface area contributed by atoms with E-state index in [9.17, 15) is 14.7 Å². The van der Waals surface area contributed by atoms with Gasteiger partial charge in [-0.05, 0) is 0 Å². The molecule has 1 aromatic heterocycles. The first-order valence-corrected chi connectivity index (χ1v) is 3.13. The summed E-state index contributed by atoms with van der Waals surface area (Å²) in [5.41, 5.74) is -1.20. The van der Waals surface area contributed by atoms with Crippen LogP contribution in [0, 0.1) is 0 Å². The summed E-state index contributed by atoms with van der Waals surface area (Å²) in [6.07, 6.45) is 0. The maximum atomic E-state index is 10.2. The Balaban J connectivity index is 0. The number of carboxylic acid groups (broad SMARTS) is 2. The third kappa shape index (κ3) is 3.77. The van der Waals surface area contributed by atoms with Crippen LogP contribution < -0.4 is 56.5 Å². The molecule has 0 fully saturated rings. The number of hydrogen-bond donors (Lipinski definition) is 1. The summed E-state index contributed by atoms with van der Waals surface area (Å²) >= 11 is 0.521. The minimum atomic E-state index is -1.63. The van der Waals surface area contributed by atoms with Gasteiger partial charge >= 0.3 is 57.4 Å². The van der Waals surface area contributed by atoms with E-state index in [1.807, 2.05) is 0 Å². The van der Waals surface area contributed by atoms with Crippen molar-refractivity contribution < 1.29 is 76.7 Å². The Hall–Kier alpha value is 0.0964. The van der Waals surface area contributed by atoms with Gasteiger partial charge in [0, 0.05) is 0 Å². The average molecular weight is 230 g/mol. The first-order valence-electron chi connectivity index (χ1n) is 2.40. The zero-order valence-electron chi connectivity index (χ0n) is 6.47. The first kappa shape index (κ1) is 15.6. The second kappa shape index (κ2) is 6.54. The normalized spacial score (nSPS) is 8.00. The Morgan fingerprint density at radius 3 is 2.08 bits per heavy atom. The Bertz CT molecular complexity index is 285. The van der Waals surface area contributed by atoms with Crippen LogP contribution in [0.1, 0.15) is 21.0 Å². The van der Waals surface area contributed by atoms with Gasteiger partial charge in [0.05, 0.1) is 17.7 Å². The minimum absolute atomic E-state index is 0. The summed E-state index contributed by atoms with van der Waals surface area (Å²) < 4.78 is 6.47. The topological polar surface area (TPSA) is 135 Å². The molecule has 0 aliphatic rings. The summed E-state index contributed by atoms with van der Waals surface area (Å²) in [5.74, 6) is -3.05. The molecule has 0 spiro atoms. The molecule has 1 rings (SSSR count). The summed E-state index contributed by atoms with van der Waals surface area (Å²) in [6, 6.07) is 0. The summed E-state index contributed by atoms with van der Waals surface area (Å²) in [6.45, 7) is 0. The summed E-state index contributed by atoms with van der Waals surface area (Å²) in [5, 5.41) is 18.4. The Morgan fingerprint density at radius 1 is 1.31 bits per heavy atom. The van der Waals surface area contributed by atoms with Gasteiger partial charge in [-0.1, -0.05) is 0 Å². The predicted molar refractivity (Wildman–Crippen MR) is 34.8 cm³/mol. The van der Waals surface area contributed by atoms with Gasteiger partial charge in [-0.2, -0.15) is 8.75 Å². The molecule has 0 aliphatic heterocycles. The van der Waals surface area contributed by atoms with E-state index in [1.54, 1.807) is 0 Å². The van der Waals surface area contributed by atoms with Crippen LogP contribution in [0.2, 0.25) is 0 Å². The van der Waals surface area contributed by atoms with Crippen molar-refractivity contribution >= 4 is 23.7 Å². The van der Waals surface area contributed by atoms with E-state index in [1.165, 1.54) is 0 Å². The third-order valence-corrected chi connectivity index (χ3v) is 1.41. The van der Waals surface area contributed by atoms with Crippen LogP contribution in [0.3, 0.4) is 0 Å². The molecule has 3 N–H and O–H groups in total. The largest absolute Gasteiger partial charge is 1.00 e. The molecule has 9 heteroatoms. The molecular weight excluding hydrogens is 227 g/mol. The molecule has 0 amide bonds. The molecule has 66 valence electrons. The fourth-order valence-electron chi connectivity index (χ4n) is 0.463. The molecule has 0 saturated carbocycles. The first-order chi connectivity index (χ1) is 5.13. The Morgan fingerprint density at radius 2 is 1.77 bits per heavy atom. The average Bonchev–Trinajstić information content (AvgIpc) is 2.32. The van der Waals surface area contributed by atoms with Gasteiger partial charge in [-0.25, -0.2) is 4.79 Å². The molecule has 0 aliphatic carbocycles. The molecule has 13 heavy (non-hydrogen) atoms. The number of nitrogens with zero attached hydrogens (tertiary/aromatic N) is 2. The van der Waals surface area contributed by atoms with Gasteiger partial charge in [-0.15, -0.1) is 0 Å². The molecular formula is C4H3KN2O5S. The monoisotopic (exact) mass is 230 g/mol. The SMILES string of the molecule is O.O=C([O-])c1nsnc1C(=O)O.[K+]. The zero-order valence-corrected chi connectivity index (χ0v) is 10.4. The van der Waals surface area contributed by atoms with E-state index >= 15 is 0 Å². The summed E-state index contributed by atoms with van der Waals surface area (Å²) in [4.78, 5) is 20.3. The van der Waals surface area contributed by atoms with Crippen molar-refractivity contribution in [2.24, 2.45) is 0 Å². The van der Waals surface area contributed by atoms with Crippen LogP contribution in [0.15, 0.2) is 0 Å². The quantitative estimate of drug-likeness (QED) is 0.504. The van der Waals surface area contributed by atoms with Crippen LogP contribution in [0.4, 0.5) is 0 Å². The molecule has 0 atom stereocenters. The summed E-state index contributed by atoms with van der Waals surface area (Å²) in [7, 11) is 0. The molecule has 0 unspecified atom stereocenters. The van der Waals surface area contributed by atoms with Gasteiger partial charge in [-0.3, -0.25) is 0 Å².